The summed E-state index contributed by atoms with van der Waals surface area (Å²) < 4.78 is 0. The molecular formula is C16H15N5S. The third-order valence-electron chi connectivity index (χ3n) is 3.06. The van der Waals surface area contributed by atoms with E-state index in [2.05, 4.69) is 26.8 Å². The maximum Gasteiger partial charge on any atom is 0.154 e. The third kappa shape index (κ3) is 2.87. The fourth-order valence-corrected chi connectivity index (χ4v) is 2.96. The van der Waals surface area contributed by atoms with Gasteiger partial charge >= 0.3 is 0 Å². The van der Waals surface area contributed by atoms with Crippen molar-refractivity contribution < 1.29 is 0 Å². The largest absolute Gasteiger partial charge is 0.394 e. The van der Waals surface area contributed by atoms with E-state index in [1.807, 2.05) is 30.3 Å². The van der Waals surface area contributed by atoms with Gasteiger partial charge in [0.1, 0.15) is 17.0 Å². The molecule has 0 aliphatic rings. The lowest BCUT2D eigenvalue weighted by molar-refractivity contribution is 1.05. The maximum absolute atomic E-state index is 6.15. The van der Waals surface area contributed by atoms with Gasteiger partial charge in [-0.2, -0.15) is 0 Å². The topological polar surface area (TPSA) is 76.7 Å². The molecular weight excluding hydrogens is 294 g/mol. The Morgan fingerprint density at radius 2 is 2.05 bits per heavy atom. The van der Waals surface area contributed by atoms with Crippen molar-refractivity contribution in [2.75, 3.05) is 17.6 Å². The molecule has 22 heavy (non-hydrogen) atoms. The lowest BCUT2D eigenvalue weighted by Crippen LogP contribution is -2.06. The molecule has 2 aromatic heterocycles. The van der Waals surface area contributed by atoms with Gasteiger partial charge in [0.15, 0.2) is 5.82 Å². The van der Waals surface area contributed by atoms with Crippen LogP contribution in [0.1, 0.15) is 0 Å². The van der Waals surface area contributed by atoms with E-state index < -0.39 is 0 Å². The Kier molecular flexibility index (Phi) is 4.20. The highest BCUT2D eigenvalue weighted by atomic mass is 32.2. The molecule has 110 valence electrons. The van der Waals surface area contributed by atoms with E-state index in [-0.39, 0.29) is 0 Å². The summed E-state index contributed by atoms with van der Waals surface area (Å²) >= 11 is 1.49. The predicted octanol–water partition coefficient (Wildman–Crippen LogP) is 3.36. The number of hydrogen-bond donors (Lipinski definition) is 2. The number of rotatable bonds is 5. The molecule has 0 spiro atoms. The number of nitrogens with one attached hydrogen (secondary N) is 1. The van der Waals surface area contributed by atoms with Crippen LogP contribution < -0.4 is 11.1 Å². The first-order chi connectivity index (χ1) is 10.8. The number of nitrogens with two attached hydrogens (primary N) is 1. The highest BCUT2D eigenvalue weighted by Gasteiger charge is 2.11. The minimum atomic E-state index is 0.530. The number of nitrogens with zero attached hydrogens (tertiary/aromatic N) is 3. The van der Waals surface area contributed by atoms with Gasteiger partial charge in [0, 0.05) is 23.0 Å². The van der Waals surface area contributed by atoms with Crippen molar-refractivity contribution in [3.8, 4) is 0 Å². The van der Waals surface area contributed by atoms with Crippen LogP contribution >= 0.6 is 11.8 Å². The van der Waals surface area contributed by atoms with Crippen LogP contribution in [0.25, 0.3) is 10.9 Å². The molecule has 0 aliphatic carbocycles. The second-order valence-corrected chi connectivity index (χ2v) is 5.57. The fraction of sp³-hybridized carbons (Fsp3) is 0.0625. The summed E-state index contributed by atoms with van der Waals surface area (Å²) in [6.45, 7) is 4.27. The number of para-hydroxylation sites is 1. The lowest BCUT2D eigenvalue weighted by atomic mass is 10.2. The fourth-order valence-electron chi connectivity index (χ4n) is 2.03. The number of hydrogen-bond acceptors (Lipinski definition) is 6. The first-order valence-electron chi connectivity index (χ1n) is 6.76. The molecule has 2 heterocycles. The zero-order valence-corrected chi connectivity index (χ0v) is 12.7. The summed E-state index contributed by atoms with van der Waals surface area (Å²) in [5.41, 5.74) is 7.62. The average Bonchev–Trinajstić information content (AvgIpc) is 2.56. The van der Waals surface area contributed by atoms with Gasteiger partial charge < -0.3 is 11.1 Å². The molecule has 0 saturated carbocycles. The predicted molar refractivity (Wildman–Crippen MR) is 91.0 cm³/mol. The van der Waals surface area contributed by atoms with Gasteiger partial charge in [-0.05, 0) is 12.1 Å². The molecule has 0 atom stereocenters. The van der Waals surface area contributed by atoms with Gasteiger partial charge in [0.2, 0.25) is 0 Å². The zero-order valence-electron chi connectivity index (χ0n) is 11.9. The Labute approximate surface area is 132 Å². The van der Waals surface area contributed by atoms with Crippen LogP contribution in [0.3, 0.4) is 0 Å². The summed E-state index contributed by atoms with van der Waals surface area (Å²) in [6.07, 6.45) is 5.04. The number of pyridine rings is 1. The van der Waals surface area contributed by atoms with Crippen molar-refractivity contribution in [3.05, 3.63) is 55.5 Å². The Balaban J connectivity index is 1.97. The second-order valence-electron chi connectivity index (χ2n) is 4.54. The van der Waals surface area contributed by atoms with Gasteiger partial charge in [0.25, 0.3) is 0 Å². The van der Waals surface area contributed by atoms with Gasteiger partial charge in [-0.3, -0.25) is 4.98 Å². The molecule has 1 aromatic carbocycles. The SMILES string of the molecule is C=CCNc1ncnc(Sc2cccc3cccnc23)c1N. The van der Waals surface area contributed by atoms with Crippen molar-refractivity contribution in [2.45, 2.75) is 9.92 Å². The number of anilines is 2. The zero-order chi connectivity index (χ0) is 15.4. The normalized spacial score (nSPS) is 10.5. The van der Waals surface area contributed by atoms with Crippen LogP contribution in [0.5, 0.6) is 0 Å². The lowest BCUT2D eigenvalue weighted by Gasteiger charge is -2.10. The van der Waals surface area contributed by atoms with Crippen LogP contribution in [-0.2, 0) is 0 Å². The molecule has 0 fully saturated rings. The maximum atomic E-state index is 6.15. The number of fused-ring (bicyclic) bond motifs is 1. The number of aromatic nitrogens is 3. The van der Waals surface area contributed by atoms with E-state index in [9.17, 15) is 0 Å². The Morgan fingerprint density at radius 3 is 2.91 bits per heavy atom. The molecule has 0 unspecified atom stereocenters. The van der Waals surface area contributed by atoms with Crippen molar-refractivity contribution in [1.29, 1.82) is 0 Å². The van der Waals surface area contributed by atoms with Gasteiger partial charge in [-0.25, -0.2) is 9.97 Å². The second kappa shape index (κ2) is 6.44. The minimum Gasteiger partial charge on any atom is -0.394 e. The van der Waals surface area contributed by atoms with E-state index in [1.54, 1.807) is 12.3 Å². The Hall–Kier alpha value is -2.60. The molecule has 5 nitrogen and oxygen atoms in total. The standard InChI is InChI=1S/C16H15N5S/c1-2-8-19-15-13(17)16(21-10-20-15)22-12-7-3-5-11-6-4-9-18-14(11)12/h2-7,9-10H,1,8,17H2,(H,19,20,21). The molecule has 6 heteroatoms. The van der Waals surface area contributed by atoms with E-state index in [1.165, 1.54) is 18.1 Å². The van der Waals surface area contributed by atoms with Crippen molar-refractivity contribution in [1.82, 2.24) is 15.0 Å². The molecule has 0 amide bonds. The highest BCUT2D eigenvalue weighted by Crippen LogP contribution is 2.35. The summed E-state index contributed by atoms with van der Waals surface area (Å²) in [5, 5.41) is 4.90. The van der Waals surface area contributed by atoms with Crippen LogP contribution in [0.4, 0.5) is 11.5 Å². The smallest absolute Gasteiger partial charge is 0.154 e. The molecule has 0 radical (unpaired) electrons. The third-order valence-corrected chi connectivity index (χ3v) is 4.13. The Bertz CT molecular complexity index is 813. The van der Waals surface area contributed by atoms with E-state index in [0.717, 1.165) is 15.8 Å². The summed E-state index contributed by atoms with van der Waals surface area (Å²) in [5.74, 6) is 0.616. The van der Waals surface area contributed by atoms with Crippen LogP contribution in [-0.4, -0.2) is 21.5 Å². The van der Waals surface area contributed by atoms with Crippen LogP contribution in [0, 0.1) is 0 Å². The van der Waals surface area contributed by atoms with Gasteiger partial charge in [0.05, 0.1) is 5.52 Å². The molecule has 3 rings (SSSR count). The summed E-state index contributed by atoms with van der Waals surface area (Å²) in [4.78, 5) is 13.9. The van der Waals surface area contributed by atoms with Gasteiger partial charge in [-0.1, -0.05) is 36.0 Å². The number of nitrogen functional groups attached to an aromatic ring is 1. The summed E-state index contributed by atoms with van der Waals surface area (Å²) in [7, 11) is 0. The van der Waals surface area contributed by atoms with Crippen LogP contribution in [0.15, 0.2) is 65.4 Å². The number of benzene rings is 1. The minimum absolute atomic E-state index is 0.530. The van der Waals surface area contributed by atoms with Crippen molar-refractivity contribution >= 4 is 34.2 Å². The first kappa shape index (κ1) is 14.3. The molecule has 3 aromatic rings. The quantitative estimate of drug-likeness (QED) is 0.556. The molecule has 3 N–H and O–H groups in total. The van der Waals surface area contributed by atoms with E-state index >= 15 is 0 Å². The molecule has 0 aliphatic heterocycles. The summed E-state index contributed by atoms with van der Waals surface area (Å²) in [6, 6.07) is 10.0. The van der Waals surface area contributed by atoms with Crippen LogP contribution in [0.2, 0.25) is 0 Å². The first-order valence-corrected chi connectivity index (χ1v) is 7.58. The average molecular weight is 309 g/mol. The van der Waals surface area contributed by atoms with Gasteiger partial charge in [-0.15, -0.1) is 6.58 Å². The highest BCUT2D eigenvalue weighted by molar-refractivity contribution is 7.99. The van der Waals surface area contributed by atoms with E-state index in [4.69, 9.17) is 5.73 Å². The van der Waals surface area contributed by atoms with Crippen molar-refractivity contribution in [3.63, 3.8) is 0 Å². The van der Waals surface area contributed by atoms with Crippen molar-refractivity contribution in [2.24, 2.45) is 0 Å². The monoisotopic (exact) mass is 309 g/mol. The molecule has 0 bridgehead atoms. The van der Waals surface area contributed by atoms with E-state index in [0.29, 0.717) is 23.1 Å². The Morgan fingerprint density at radius 1 is 1.18 bits per heavy atom. The molecule has 0 saturated heterocycles.